The van der Waals surface area contributed by atoms with Crippen molar-refractivity contribution in [2.45, 2.75) is 6.92 Å². The van der Waals surface area contributed by atoms with Crippen molar-refractivity contribution < 1.29 is 14.4 Å². The first-order valence-corrected chi connectivity index (χ1v) is 8.49. The third kappa shape index (κ3) is 3.45. The molecule has 0 fully saturated rings. The van der Waals surface area contributed by atoms with Crippen LogP contribution in [0.4, 0.5) is 11.4 Å². The van der Waals surface area contributed by atoms with Crippen molar-refractivity contribution in [3.63, 3.8) is 0 Å². The third-order valence-electron chi connectivity index (χ3n) is 4.20. The Morgan fingerprint density at radius 2 is 2.00 bits per heavy atom. The molecule has 7 heteroatoms. The van der Waals surface area contributed by atoms with Gasteiger partial charge in [0.25, 0.3) is 5.69 Å². The number of hydrogen-bond donors (Lipinski definition) is 1. The second-order valence-electron chi connectivity index (χ2n) is 6.30. The molecule has 0 saturated heterocycles. The standard InChI is InChI=1S/C21H15N3O4/c1-13-5-8-20-18(9-13)23-21(28-20)17-7-6-15(11-19(17)25)22-12-14-3-2-4-16(10-14)24(26)27/h2-12,25H,1H3. The quantitative estimate of drug-likeness (QED) is 0.302. The Morgan fingerprint density at radius 3 is 2.79 bits per heavy atom. The number of aliphatic imine (C=N–C) groups is 1. The Hall–Kier alpha value is -4.00. The summed E-state index contributed by atoms with van der Waals surface area (Å²) < 4.78 is 5.72. The van der Waals surface area contributed by atoms with Crippen LogP contribution < -0.4 is 0 Å². The number of phenols is 1. The van der Waals surface area contributed by atoms with Crippen molar-refractivity contribution in [3.8, 4) is 17.2 Å². The molecular weight excluding hydrogens is 358 g/mol. The number of aryl methyl sites for hydroxylation is 1. The monoisotopic (exact) mass is 373 g/mol. The van der Waals surface area contributed by atoms with E-state index in [4.69, 9.17) is 4.42 Å². The molecule has 0 aliphatic carbocycles. The number of aromatic hydroxyl groups is 1. The van der Waals surface area contributed by atoms with Crippen LogP contribution in [0.25, 0.3) is 22.6 Å². The van der Waals surface area contributed by atoms with Gasteiger partial charge < -0.3 is 9.52 Å². The average Bonchev–Trinajstić information content (AvgIpc) is 3.09. The van der Waals surface area contributed by atoms with E-state index in [0.717, 1.165) is 11.1 Å². The molecule has 1 N–H and O–H groups in total. The summed E-state index contributed by atoms with van der Waals surface area (Å²) in [5.41, 5.74) is 3.99. The van der Waals surface area contributed by atoms with Crippen molar-refractivity contribution >= 4 is 28.7 Å². The maximum atomic E-state index is 10.8. The van der Waals surface area contributed by atoms with Crippen LogP contribution in [-0.4, -0.2) is 21.2 Å². The first-order valence-electron chi connectivity index (χ1n) is 8.49. The summed E-state index contributed by atoms with van der Waals surface area (Å²) in [6.45, 7) is 1.97. The van der Waals surface area contributed by atoms with Crippen molar-refractivity contribution in [1.29, 1.82) is 0 Å². The van der Waals surface area contributed by atoms with Crippen LogP contribution in [0.1, 0.15) is 11.1 Å². The zero-order chi connectivity index (χ0) is 19.7. The molecule has 0 aliphatic rings. The molecular formula is C21H15N3O4. The van der Waals surface area contributed by atoms with Crippen LogP contribution in [0, 0.1) is 17.0 Å². The van der Waals surface area contributed by atoms with Gasteiger partial charge in [-0.2, -0.15) is 0 Å². The van der Waals surface area contributed by atoms with Crippen molar-refractivity contribution in [1.82, 2.24) is 4.98 Å². The number of rotatable bonds is 4. The molecule has 0 unspecified atom stereocenters. The van der Waals surface area contributed by atoms with Crippen LogP contribution in [0.15, 0.2) is 70.1 Å². The number of nitro benzene ring substituents is 1. The first kappa shape index (κ1) is 17.4. The lowest BCUT2D eigenvalue weighted by atomic mass is 10.1. The molecule has 0 saturated carbocycles. The Kier molecular flexibility index (Phi) is 4.33. The lowest BCUT2D eigenvalue weighted by Gasteiger charge is -2.01. The summed E-state index contributed by atoms with van der Waals surface area (Å²) in [7, 11) is 0. The van der Waals surface area contributed by atoms with E-state index in [1.54, 1.807) is 24.3 Å². The highest BCUT2D eigenvalue weighted by Crippen LogP contribution is 2.34. The predicted molar refractivity (Wildman–Crippen MR) is 106 cm³/mol. The van der Waals surface area contributed by atoms with Gasteiger partial charge in [-0.25, -0.2) is 4.98 Å². The number of benzene rings is 3. The predicted octanol–water partition coefficient (Wildman–Crippen LogP) is 5.17. The van der Waals surface area contributed by atoms with Crippen LogP contribution in [0.2, 0.25) is 0 Å². The van der Waals surface area contributed by atoms with Gasteiger partial charge in [-0.05, 0) is 42.3 Å². The maximum Gasteiger partial charge on any atom is 0.270 e. The van der Waals surface area contributed by atoms with Gasteiger partial charge in [0.05, 0.1) is 16.2 Å². The topological polar surface area (TPSA) is 102 Å². The molecule has 1 heterocycles. The molecule has 4 aromatic rings. The summed E-state index contributed by atoms with van der Waals surface area (Å²) >= 11 is 0. The second kappa shape index (κ2) is 6.96. The number of hydrogen-bond acceptors (Lipinski definition) is 6. The number of nitro groups is 1. The summed E-state index contributed by atoms with van der Waals surface area (Å²) in [5.74, 6) is 0.310. The number of phenolic OH excluding ortho intramolecular Hbond substituents is 1. The summed E-state index contributed by atoms with van der Waals surface area (Å²) in [4.78, 5) is 19.1. The minimum absolute atomic E-state index is 0.00617. The molecule has 7 nitrogen and oxygen atoms in total. The largest absolute Gasteiger partial charge is 0.507 e. The maximum absolute atomic E-state index is 10.8. The molecule has 0 spiro atoms. The number of oxazole rings is 1. The van der Waals surface area contributed by atoms with Gasteiger partial charge >= 0.3 is 0 Å². The highest BCUT2D eigenvalue weighted by atomic mass is 16.6. The van der Waals surface area contributed by atoms with E-state index in [1.165, 1.54) is 24.4 Å². The van der Waals surface area contributed by atoms with Gasteiger partial charge in [-0.15, -0.1) is 0 Å². The van der Waals surface area contributed by atoms with E-state index >= 15 is 0 Å². The first-order chi connectivity index (χ1) is 13.5. The fraction of sp³-hybridized carbons (Fsp3) is 0.0476. The molecule has 4 rings (SSSR count). The molecule has 0 amide bonds. The Labute approximate surface area is 159 Å². The summed E-state index contributed by atoms with van der Waals surface area (Å²) in [5, 5.41) is 21.2. The van der Waals surface area contributed by atoms with Crippen molar-refractivity contribution in [2.75, 3.05) is 0 Å². The van der Waals surface area contributed by atoms with Gasteiger partial charge in [-0.1, -0.05) is 18.2 Å². The van der Waals surface area contributed by atoms with Gasteiger partial charge in [0.1, 0.15) is 11.3 Å². The van der Waals surface area contributed by atoms with Crippen LogP contribution in [0.3, 0.4) is 0 Å². The molecule has 138 valence electrons. The summed E-state index contributed by atoms with van der Waals surface area (Å²) in [6, 6.07) is 16.7. The highest BCUT2D eigenvalue weighted by Gasteiger charge is 2.13. The third-order valence-corrected chi connectivity index (χ3v) is 4.20. The van der Waals surface area contributed by atoms with Gasteiger partial charge in [0.2, 0.25) is 5.89 Å². The Morgan fingerprint density at radius 1 is 1.14 bits per heavy atom. The SMILES string of the molecule is Cc1ccc2oc(-c3ccc(N=Cc4cccc([N+](=O)[O-])c4)cc3O)nc2c1. The number of aromatic nitrogens is 1. The molecule has 0 atom stereocenters. The van der Waals surface area contributed by atoms with Crippen LogP contribution in [-0.2, 0) is 0 Å². The molecule has 0 bridgehead atoms. The molecule has 1 aromatic heterocycles. The Bertz CT molecular complexity index is 1230. The number of nitrogens with zero attached hydrogens (tertiary/aromatic N) is 3. The number of fused-ring (bicyclic) bond motifs is 1. The summed E-state index contributed by atoms with van der Waals surface area (Å²) in [6.07, 6.45) is 1.50. The van der Waals surface area contributed by atoms with Gasteiger partial charge in [0, 0.05) is 24.4 Å². The van der Waals surface area contributed by atoms with E-state index in [2.05, 4.69) is 9.98 Å². The van der Waals surface area contributed by atoms with E-state index in [-0.39, 0.29) is 11.4 Å². The van der Waals surface area contributed by atoms with E-state index < -0.39 is 4.92 Å². The van der Waals surface area contributed by atoms with Crippen LogP contribution in [0.5, 0.6) is 5.75 Å². The zero-order valence-corrected chi connectivity index (χ0v) is 14.9. The average molecular weight is 373 g/mol. The molecule has 28 heavy (non-hydrogen) atoms. The lowest BCUT2D eigenvalue weighted by molar-refractivity contribution is -0.384. The van der Waals surface area contributed by atoms with E-state index in [0.29, 0.717) is 28.3 Å². The van der Waals surface area contributed by atoms with Crippen molar-refractivity contribution in [2.24, 2.45) is 4.99 Å². The lowest BCUT2D eigenvalue weighted by Crippen LogP contribution is -1.89. The van der Waals surface area contributed by atoms with E-state index in [9.17, 15) is 15.2 Å². The smallest absolute Gasteiger partial charge is 0.270 e. The van der Waals surface area contributed by atoms with E-state index in [1.807, 2.05) is 25.1 Å². The van der Waals surface area contributed by atoms with Crippen LogP contribution >= 0.6 is 0 Å². The van der Waals surface area contributed by atoms with Gasteiger partial charge in [-0.3, -0.25) is 15.1 Å². The minimum Gasteiger partial charge on any atom is -0.507 e. The Balaban J connectivity index is 1.62. The fourth-order valence-electron chi connectivity index (χ4n) is 2.80. The minimum atomic E-state index is -0.459. The fourth-order valence-corrected chi connectivity index (χ4v) is 2.80. The van der Waals surface area contributed by atoms with Gasteiger partial charge in [0.15, 0.2) is 5.58 Å². The highest BCUT2D eigenvalue weighted by molar-refractivity contribution is 5.83. The molecule has 0 aliphatic heterocycles. The molecule has 0 radical (unpaired) electrons. The zero-order valence-electron chi connectivity index (χ0n) is 14.9. The molecule has 3 aromatic carbocycles. The number of non-ortho nitro benzene ring substituents is 1. The normalized spacial score (nSPS) is 11.3. The second-order valence-corrected chi connectivity index (χ2v) is 6.30. The van der Waals surface area contributed by atoms with Crippen molar-refractivity contribution in [3.05, 3.63) is 81.9 Å².